The third kappa shape index (κ3) is 3.21. The molecule has 1 fully saturated rings. The summed E-state index contributed by atoms with van der Waals surface area (Å²) in [4.78, 5) is 0.160. The summed E-state index contributed by atoms with van der Waals surface area (Å²) < 4.78 is 25.5. The molecule has 1 heterocycles. The van der Waals surface area contributed by atoms with Crippen LogP contribution in [0.2, 0.25) is 0 Å². The molecule has 1 aliphatic heterocycles. The van der Waals surface area contributed by atoms with E-state index < -0.39 is 10.0 Å². The van der Waals surface area contributed by atoms with Gasteiger partial charge in [0, 0.05) is 20.6 Å². The van der Waals surface area contributed by atoms with Crippen molar-refractivity contribution >= 4 is 33.2 Å². The summed E-state index contributed by atoms with van der Waals surface area (Å²) in [7, 11) is -0.494. The van der Waals surface area contributed by atoms with E-state index >= 15 is 0 Å². The minimum atomic E-state index is -3.50. The molecule has 5 nitrogen and oxygen atoms in total. The van der Waals surface area contributed by atoms with E-state index in [1.165, 1.54) is 30.6 Å². The van der Waals surface area contributed by atoms with E-state index in [4.69, 9.17) is 5.73 Å². The Labute approximate surface area is 125 Å². The van der Waals surface area contributed by atoms with Gasteiger partial charge in [0.1, 0.15) is 4.90 Å². The quantitative estimate of drug-likeness (QED) is 0.809. The fourth-order valence-electron chi connectivity index (χ4n) is 2.12. The maximum absolute atomic E-state index is 12.2. The van der Waals surface area contributed by atoms with Crippen LogP contribution in [0.15, 0.2) is 23.1 Å². The Hall–Kier alpha value is -0.920. The van der Waals surface area contributed by atoms with Gasteiger partial charge in [-0.25, -0.2) is 12.7 Å². The Morgan fingerprint density at radius 3 is 2.80 bits per heavy atom. The van der Waals surface area contributed by atoms with Crippen molar-refractivity contribution in [2.24, 2.45) is 5.92 Å². The number of anilines is 2. The van der Waals surface area contributed by atoms with Gasteiger partial charge in [-0.1, -0.05) is 6.07 Å². The van der Waals surface area contributed by atoms with E-state index in [-0.39, 0.29) is 4.90 Å². The number of thioether (sulfide) groups is 1. The van der Waals surface area contributed by atoms with E-state index in [0.29, 0.717) is 17.3 Å². The lowest BCUT2D eigenvalue weighted by atomic mass is 10.1. The van der Waals surface area contributed by atoms with Crippen LogP contribution in [-0.4, -0.2) is 44.9 Å². The summed E-state index contributed by atoms with van der Waals surface area (Å²) in [6.45, 7) is 0.836. The van der Waals surface area contributed by atoms with Gasteiger partial charge in [0.2, 0.25) is 10.0 Å². The van der Waals surface area contributed by atoms with Gasteiger partial charge in [0.15, 0.2) is 0 Å². The molecule has 112 valence electrons. The molecule has 0 amide bonds. The van der Waals surface area contributed by atoms with Crippen molar-refractivity contribution in [2.45, 2.75) is 11.3 Å². The van der Waals surface area contributed by atoms with Crippen LogP contribution in [0.5, 0.6) is 0 Å². The average Bonchev–Trinajstić information content (AvgIpc) is 2.90. The van der Waals surface area contributed by atoms with Crippen molar-refractivity contribution in [2.75, 3.05) is 43.2 Å². The molecule has 0 aromatic heterocycles. The van der Waals surface area contributed by atoms with Crippen LogP contribution in [0.25, 0.3) is 0 Å². The number of hydrogen-bond acceptors (Lipinski definition) is 5. The number of hydrogen-bond donors (Lipinski definition) is 2. The van der Waals surface area contributed by atoms with Crippen LogP contribution in [0.3, 0.4) is 0 Å². The Morgan fingerprint density at radius 1 is 1.45 bits per heavy atom. The molecule has 1 unspecified atom stereocenters. The number of benzene rings is 1. The lowest BCUT2D eigenvalue weighted by Gasteiger charge is -2.17. The summed E-state index contributed by atoms with van der Waals surface area (Å²) in [5, 5.41) is 3.28. The number of nitrogens with zero attached hydrogens (tertiary/aromatic N) is 1. The van der Waals surface area contributed by atoms with Crippen molar-refractivity contribution in [1.29, 1.82) is 0 Å². The van der Waals surface area contributed by atoms with Gasteiger partial charge in [-0.3, -0.25) is 0 Å². The third-order valence-corrected chi connectivity index (χ3v) is 6.53. The predicted molar refractivity (Wildman–Crippen MR) is 85.6 cm³/mol. The first-order chi connectivity index (χ1) is 9.43. The minimum absolute atomic E-state index is 0.160. The van der Waals surface area contributed by atoms with Gasteiger partial charge in [0.25, 0.3) is 0 Å². The number of rotatable bonds is 5. The Balaban J connectivity index is 2.19. The smallest absolute Gasteiger partial charge is 0.244 e. The average molecular weight is 315 g/mol. The second-order valence-electron chi connectivity index (χ2n) is 5.12. The van der Waals surface area contributed by atoms with Gasteiger partial charge in [-0.2, -0.15) is 11.8 Å². The highest BCUT2D eigenvalue weighted by molar-refractivity contribution is 7.99. The Kier molecular flexibility index (Phi) is 4.82. The molecular formula is C13H21N3O2S2. The number of nitrogen functional groups attached to an aromatic ring is 1. The van der Waals surface area contributed by atoms with E-state index in [1.54, 1.807) is 12.1 Å². The molecule has 1 aromatic rings. The monoisotopic (exact) mass is 315 g/mol. The maximum atomic E-state index is 12.2. The van der Waals surface area contributed by atoms with Gasteiger partial charge in [0.05, 0.1) is 11.4 Å². The third-order valence-electron chi connectivity index (χ3n) is 3.43. The van der Waals surface area contributed by atoms with Gasteiger partial charge in [-0.05, 0) is 36.0 Å². The highest BCUT2D eigenvalue weighted by atomic mass is 32.2. The van der Waals surface area contributed by atoms with Crippen molar-refractivity contribution < 1.29 is 8.42 Å². The molecule has 0 saturated carbocycles. The van der Waals surface area contributed by atoms with Crippen LogP contribution < -0.4 is 11.1 Å². The van der Waals surface area contributed by atoms with Crippen molar-refractivity contribution in [3.8, 4) is 0 Å². The molecule has 1 atom stereocenters. The molecule has 3 N–H and O–H groups in total. The SMILES string of the molecule is CN(C)S(=O)(=O)c1cccc(NCC2CCSC2)c1N. The minimum Gasteiger partial charge on any atom is -0.396 e. The van der Waals surface area contributed by atoms with Crippen LogP contribution in [0.1, 0.15) is 6.42 Å². The summed E-state index contributed by atoms with van der Waals surface area (Å²) in [6, 6.07) is 5.09. The second kappa shape index (κ2) is 6.24. The summed E-state index contributed by atoms with van der Waals surface area (Å²) >= 11 is 1.96. The zero-order valence-corrected chi connectivity index (χ0v) is 13.4. The lowest BCUT2D eigenvalue weighted by Crippen LogP contribution is -2.24. The molecule has 0 aliphatic carbocycles. The van der Waals surface area contributed by atoms with Crippen molar-refractivity contribution in [1.82, 2.24) is 4.31 Å². The summed E-state index contributed by atoms with van der Waals surface area (Å²) in [6.07, 6.45) is 1.20. The van der Waals surface area contributed by atoms with Gasteiger partial charge in [-0.15, -0.1) is 0 Å². The number of nitrogens with one attached hydrogen (secondary N) is 1. The van der Waals surface area contributed by atoms with E-state index in [1.807, 2.05) is 17.8 Å². The van der Waals surface area contributed by atoms with Crippen LogP contribution in [0.4, 0.5) is 11.4 Å². The number of nitrogens with two attached hydrogens (primary N) is 1. The predicted octanol–water partition coefficient (Wildman–Crippen LogP) is 1.68. The first-order valence-electron chi connectivity index (χ1n) is 6.55. The fraction of sp³-hybridized carbons (Fsp3) is 0.538. The highest BCUT2D eigenvalue weighted by Gasteiger charge is 2.22. The molecule has 0 spiro atoms. The lowest BCUT2D eigenvalue weighted by molar-refractivity contribution is 0.521. The van der Waals surface area contributed by atoms with Crippen molar-refractivity contribution in [3.05, 3.63) is 18.2 Å². The van der Waals surface area contributed by atoms with Crippen LogP contribution >= 0.6 is 11.8 Å². The second-order valence-corrected chi connectivity index (χ2v) is 8.39. The molecule has 0 radical (unpaired) electrons. The Bertz CT molecular complexity index is 567. The van der Waals surface area contributed by atoms with E-state index in [0.717, 1.165) is 12.3 Å². The highest BCUT2D eigenvalue weighted by Crippen LogP contribution is 2.29. The normalized spacial score (nSPS) is 19.4. The maximum Gasteiger partial charge on any atom is 0.244 e. The molecule has 1 aliphatic rings. The Morgan fingerprint density at radius 2 is 2.20 bits per heavy atom. The molecule has 2 rings (SSSR count). The van der Waals surface area contributed by atoms with E-state index in [9.17, 15) is 8.42 Å². The molecule has 7 heteroatoms. The molecule has 1 saturated heterocycles. The first-order valence-corrected chi connectivity index (χ1v) is 9.15. The van der Waals surface area contributed by atoms with Crippen LogP contribution in [0, 0.1) is 5.92 Å². The topological polar surface area (TPSA) is 75.4 Å². The van der Waals surface area contributed by atoms with Gasteiger partial charge >= 0.3 is 0 Å². The zero-order chi connectivity index (χ0) is 14.8. The summed E-state index contributed by atoms with van der Waals surface area (Å²) in [5.41, 5.74) is 7.02. The number of para-hydroxylation sites is 1. The molecule has 1 aromatic carbocycles. The first kappa shape index (κ1) is 15.5. The standard InChI is InChI=1S/C13H21N3O2S2/c1-16(2)20(17,18)12-5-3-4-11(13(12)14)15-8-10-6-7-19-9-10/h3-5,10,15H,6-9,14H2,1-2H3. The zero-order valence-electron chi connectivity index (χ0n) is 11.8. The van der Waals surface area contributed by atoms with Crippen molar-refractivity contribution in [3.63, 3.8) is 0 Å². The summed E-state index contributed by atoms with van der Waals surface area (Å²) in [5.74, 6) is 2.99. The molecule has 20 heavy (non-hydrogen) atoms. The van der Waals surface area contributed by atoms with Gasteiger partial charge < -0.3 is 11.1 Å². The fourth-order valence-corrected chi connectivity index (χ4v) is 4.43. The largest absolute Gasteiger partial charge is 0.396 e. The molecular weight excluding hydrogens is 294 g/mol. The van der Waals surface area contributed by atoms with Crippen LogP contribution in [-0.2, 0) is 10.0 Å². The van der Waals surface area contributed by atoms with E-state index in [2.05, 4.69) is 5.32 Å². The molecule has 0 bridgehead atoms. The number of sulfonamides is 1.